The number of likely N-dealkylation sites (tertiary alicyclic amines) is 1. The predicted molar refractivity (Wildman–Crippen MR) is 60.9 cm³/mol. The zero-order valence-electron chi connectivity index (χ0n) is 9.91. The molecule has 0 amide bonds. The predicted octanol–water partition coefficient (Wildman–Crippen LogP) is 2.36. The van der Waals surface area contributed by atoms with Gasteiger partial charge >= 0.3 is 5.97 Å². The topological polar surface area (TPSA) is 40.5 Å². The van der Waals surface area contributed by atoms with E-state index in [2.05, 4.69) is 18.7 Å². The lowest BCUT2D eigenvalue weighted by atomic mass is 9.90. The molecule has 1 aliphatic heterocycles. The largest absolute Gasteiger partial charge is 0.481 e. The van der Waals surface area contributed by atoms with Gasteiger partial charge in [0, 0.05) is 12.5 Å². The first-order chi connectivity index (χ1) is 7.19. The number of hydrogen-bond acceptors (Lipinski definition) is 2. The molecule has 0 spiro atoms. The second kappa shape index (κ2) is 6.11. The van der Waals surface area contributed by atoms with Crippen LogP contribution in [0.3, 0.4) is 0 Å². The first-order valence-electron chi connectivity index (χ1n) is 6.14. The fraction of sp³-hybridized carbons (Fsp3) is 0.917. The summed E-state index contributed by atoms with van der Waals surface area (Å²) >= 11 is 0. The van der Waals surface area contributed by atoms with Crippen LogP contribution in [0, 0.1) is 5.92 Å². The van der Waals surface area contributed by atoms with Gasteiger partial charge in [0.05, 0.1) is 0 Å². The van der Waals surface area contributed by atoms with Crippen molar-refractivity contribution < 1.29 is 9.90 Å². The number of nitrogens with zero attached hydrogens (tertiary/aromatic N) is 1. The van der Waals surface area contributed by atoms with Gasteiger partial charge in [-0.1, -0.05) is 20.3 Å². The molecule has 0 aromatic heterocycles. The Morgan fingerprint density at radius 1 is 1.40 bits per heavy atom. The Bertz CT molecular complexity index is 206. The molecule has 1 saturated heterocycles. The molecule has 0 bridgehead atoms. The zero-order valence-corrected chi connectivity index (χ0v) is 9.91. The van der Waals surface area contributed by atoms with E-state index in [0.29, 0.717) is 18.4 Å². The van der Waals surface area contributed by atoms with Gasteiger partial charge in [0.15, 0.2) is 0 Å². The average Bonchev–Trinajstić information content (AvgIpc) is 2.38. The van der Waals surface area contributed by atoms with E-state index in [4.69, 9.17) is 5.11 Å². The number of carboxylic acids is 1. The maximum atomic E-state index is 10.8. The molecule has 1 aliphatic rings. The monoisotopic (exact) mass is 213 g/mol. The molecule has 0 saturated carbocycles. The van der Waals surface area contributed by atoms with Gasteiger partial charge in [0.1, 0.15) is 0 Å². The Kier molecular flexibility index (Phi) is 5.09. The van der Waals surface area contributed by atoms with E-state index in [0.717, 1.165) is 25.9 Å². The van der Waals surface area contributed by atoms with Crippen molar-refractivity contribution in [2.45, 2.75) is 52.0 Å². The van der Waals surface area contributed by atoms with Crippen LogP contribution in [0.4, 0.5) is 0 Å². The van der Waals surface area contributed by atoms with Crippen LogP contribution in [0.1, 0.15) is 46.0 Å². The highest BCUT2D eigenvalue weighted by molar-refractivity contribution is 5.67. The molecule has 0 aromatic rings. The lowest BCUT2D eigenvalue weighted by Gasteiger charge is -2.33. The summed E-state index contributed by atoms with van der Waals surface area (Å²) in [6.45, 7) is 6.54. The molecule has 88 valence electrons. The number of carboxylic acid groups (broad SMARTS) is 1. The molecule has 1 rings (SSSR count). The third-order valence-corrected chi connectivity index (χ3v) is 3.54. The number of hydrogen-bond donors (Lipinski definition) is 1. The van der Waals surface area contributed by atoms with E-state index in [1.165, 1.54) is 12.8 Å². The fourth-order valence-corrected chi connectivity index (χ4v) is 2.82. The van der Waals surface area contributed by atoms with Gasteiger partial charge in [-0.15, -0.1) is 0 Å². The number of aliphatic carboxylic acids is 1. The van der Waals surface area contributed by atoms with Gasteiger partial charge in [0.2, 0.25) is 0 Å². The van der Waals surface area contributed by atoms with E-state index in [9.17, 15) is 4.79 Å². The third kappa shape index (κ3) is 3.49. The maximum absolute atomic E-state index is 10.8. The molecule has 3 nitrogen and oxygen atoms in total. The van der Waals surface area contributed by atoms with E-state index in [1.54, 1.807) is 0 Å². The third-order valence-electron chi connectivity index (χ3n) is 3.54. The van der Waals surface area contributed by atoms with Gasteiger partial charge in [-0.2, -0.15) is 0 Å². The summed E-state index contributed by atoms with van der Waals surface area (Å²) < 4.78 is 0. The molecule has 1 heterocycles. The van der Waals surface area contributed by atoms with Crippen LogP contribution in [-0.2, 0) is 4.79 Å². The summed E-state index contributed by atoms with van der Waals surface area (Å²) in [5.41, 5.74) is 0. The fourth-order valence-electron chi connectivity index (χ4n) is 2.82. The molecule has 2 atom stereocenters. The van der Waals surface area contributed by atoms with E-state index in [-0.39, 0.29) is 0 Å². The normalized spacial score (nSPS) is 28.7. The summed E-state index contributed by atoms with van der Waals surface area (Å²) in [6.07, 6.45) is 4.91. The Morgan fingerprint density at radius 2 is 2.13 bits per heavy atom. The van der Waals surface area contributed by atoms with Crippen molar-refractivity contribution in [2.24, 2.45) is 5.92 Å². The molecule has 15 heavy (non-hydrogen) atoms. The minimum atomic E-state index is -0.642. The van der Waals surface area contributed by atoms with Gasteiger partial charge in [-0.05, 0) is 38.3 Å². The number of carbonyl (C=O) groups is 1. The summed E-state index contributed by atoms with van der Waals surface area (Å²) in [6, 6.07) is 0.480. The lowest BCUT2D eigenvalue weighted by molar-refractivity contribution is -0.138. The molecule has 0 radical (unpaired) electrons. The number of rotatable bonds is 4. The summed E-state index contributed by atoms with van der Waals surface area (Å²) in [5.74, 6) is -0.286. The van der Waals surface area contributed by atoms with Crippen LogP contribution in [0.5, 0.6) is 0 Å². The summed E-state index contributed by atoms with van der Waals surface area (Å²) in [7, 11) is 0. The van der Waals surface area contributed by atoms with Crippen molar-refractivity contribution in [3.8, 4) is 0 Å². The Balaban J connectivity index is 2.67. The molecule has 1 N–H and O–H groups in total. The quantitative estimate of drug-likeness (QED) is 0.779. The highest BCUT2D eigenvalue weighted by Crippen LogP contribution is 2.27. The highest BCUT2D eigenvalue weighted by atomic mass is 16.4. The summed E-state index contributed by atoms with van der Waals surface area (Å²) in [5, 5.41) is 8.91. The smallest absolute Gasteiger partial charge is 0.303 e. The Morgan fingerprint density at radius 3 is 2.67 bits per heavy atom. The molecular weight excluding hydrogens is 190 g/mol. The van der Waals surface area contributed by atoms with Crippen LogP contribution in [0.25, 0.3) is 0 Å². The van der Waals surface area contributed by atoms with Crippen molar-refractivity contribution in [2.75, 3.05) is 13.1 Å². The van der Waals surface area contributed by atoms with Crippen molar-refractivity contribution >= 4 is 5.97 Å². The second-order valence-electron chi connectivity index (χ2n) is 4.46. The minimum Gasteiger partial charge on any atom is -0.481 e. The summed E-state index contributed by atoms with van der Waals surface area (Å²) in [4.78, 5) is 13.3. The molecule has 1 fully saturated rings. The van der Waals surface area contributed by atoms with Crippen molar-refractivity contribution in [3.05, 3.63) is 0 Å². The SMILES string of the molecule is CC[C@H]1[C@H](CC(=O)O)CCCCN1CC. The van der Waals surface area contributed by atoms with Crippen molar-refractivity contribution in [1.82, 2.24) is 4.90 Å². The molecule has 0 unspecified atom stereocenters. The molecule has 0 aromatic carbocycles. The molecule has 0 aliphatic carbocycles. The van der Waals surface area contributed by atoms with Crippen LogP contribution >= 0.6 is 0 Å². The van der Waals surface area contributed by atoms with Gasteiger partial charge < -0.3 is 10.0 Å². The van der Waals surface area contributed by atoms with E-state index in [1.807, 2.05) is 0 Å². The zero-order chi connectivity index (χ0) is 11.3. The van der Waals surface area contributed by atoms with Crippen LogP contribution in [-0.4, -0.2) is 35.1 Å². The average molecular weight is 213 g/mol. The van der Waals surface area contributed by atoms with Crippen LogP contribution in [0.15, 0.2) is 0 Å². The lowest BCUT2D eigenvalue weighted by Crippen LogP contribution is -2.39. The van der Waals surface area contributed by atoms with Crippen molar-refractivity contribution in [3.63, 3.8) is 0 Å². The second-order valence-corrected chi connectivity index (χ2v) is 4.46. The van der Waals surface area contributed by atoms with E-state index < -0.39 is 5.97 Å². The van der Waals surface area contributed by atoms with Gasteiger partial charge in [0.25, 0.3) is 0 Å². The first-order valence-corrected chi connectivity index (χ1v) is 6.14. The standard InChI is InChI=1S/C12H23NO2/c1-3-11-10(9-12(14)15)7-5-6-8-13(11)4-2/h10-11H,3-9H2,1-2H3,(H,14,15)/t10-,11-/m0/s1. The molecular formula is C12H23NO2. The van der Waals surface area contributed by atoms with Crippen LogP contribution in [0.2, 0.25) is 0 Å². The Labute approximate surface area is 92.5 Å². The van der Waals surface area contributed by atoms with E-state index >= 15 is 0 Å². The first kappa shape index (κ1) is 12.5. The minimum absolute atomic E-state index is 0.342. The highest BCUT2D eigenvalue weighted by Gasteiger charge is 2.28. The van der Waals surface area contributed by atoms with Gasteiger partial charge in [-0.25, -0.2) is 0 Å². The molecule has 3 heteroatoms. The maximum Gasteiger partial charge on any atom is 0.303 e. The Hall–Kier alpha value is -0.570. The van der Waals surface area contributed by atoms with Gasteiger partial charge in [-0.3, -0.25) is 4.79 Å². The van der Waals surface area contributed by atoms with Crippen LogP contribution < -0.4 is 0 Å². The van der Waals surface area contributed by atoms with Crippen molar-refractivity contribution in [1.29, 1.82) is 0 Å².